The van der Waals surface area contributed by atoms with Crippen molar-refractivity contribution in [3.05, 3.63) is 35.9 Å². The highest BCUT2D eigenvalue weighted by Gasteiger charge is 2.22. The molecule has 0 aromatic heterocycles. The zero-order chi connectivity index (χ0) is 18.7. The van der Waals surface area contributed by atoms with E-state index in [-0.39, 0.29) is 12.5 Å². The van der Waals surface area contributed by atoms with E-state index in [0.29, 0.717) is 25.8 Å². The Morgan fingerprint density at radius 3 is 2.44 bits per heavy atom. The van der Waals surface area contributed by atoms with E-state index >= 15 is 0 Å². The van der Waals surface area contributed by atoms with Gasteiger partial charge in [-0.2, -0.15) is 0 Å². The molecule has 0 fully saturated rings. The molecule has 138 valence electrons. The number of benzene rings is 1. The first-order valence-corrected chi connectivity index (χ1v) is 8.12. The number of amides is 4. The lowest BCUT2D eigenvalue weighted by atomic mass is 10.1. The van der Waals surface area contributed by atoms with E-state index in [1.165, 1.54) is 4.90 Å². The molecule has 4 amide bonds. The Kier molecular flexibility index (Phi) is 8.84. The molecule has 1 atom stereocenters. The highest BCUT2D eigenvalue weighted by Crippen LogP contribution is 2.05. The maximum absolute atomic E-state index is 12.2. The summed E-state index contributed by atoms with van der Waals surface area (Å²) in [7, 11) is 3.25. The fraction of sp³-hybridized carbons (Fsp3) is 0.471. The number of ether oxygens (including phenoxy) is 1. The molecule has 25 heavy (non-hydrogen) atoms. The summed E-state index contributed by atoms with van der Waals surface area (Å²) in [6.45, 7) is 0.564. The van der Waals surface area contributed by atoms with Crippen molar-refractivity contribution in [1.82, 2.24) is 15.5 Å². The number of carbonyl (C=O) groups excluding carboxylic acids is 3. The van der Waals surface area contributed by atoms with Gasteiger partial charge in [-0.05, 0) is 24.8 Å². The van der Waals surface area contributed by atoms with E-state index < -0.39 is 18.2 Å². The van der Waals surface area contributed by atoms with Gasteiger partial charge in [0.25, 0.3) is 0 Å². The number of unbranched alkanes of at least 4 members (excludes halogenated alkanes) is 1. The number of alkyl carbamates (subject to hydrolysis) is 1. The SMILES string of the molecule is CN(C)C(=O)[C@H](CCCCNC(N)=O)NC(=O)OCc1ccccc1. The van der Waals surface area contributed by atoms with E-state index in [9.17, 15) is 14.4 Å². The van der Waals surface area contributed by atoms with Gasteiger partial charge >= 0.3 is 12.1 Å². The second-order valence-corrected chi connectivity index (χ2v) is 5.78. The van der Waals surface area contributed by atoms with E-state index in [1.54, 1.807) is 14.1 Å². The van der Waals surface area contributed by atoms with E-state index in [1.807, 2.05) is 30.3 Å². The van der Waals surface area contributed by atoms with Crippen LogP contribution in [0.5, 0.6) is 0 Å². The molecule has 1 aromatic carbocycles. The summed E-state index contributed by atoms with van der Waals surface area (Å²) in [5.74, 6) is -0.209. The maximum Gasteiger partial charge on any atom is 0.408 e. The zero-order valence-corrected chi connectivity index (χ0v) is 14.7. The Morgan fingerprint density at radius 1 is 1.16 bits per heavy atom. The molecule has 0 radical (unpaired) electrons. The van der Waals surface area contributed by atoms with Crippen LogP contribution in [0.4, 0.5) is 9.59 Å². The Balaban J connectivity index is 2.44. The zero-order valence-electron chi connectivity index (χ0n) is 14.7. The molecule has 0 spiro atoms. The third kappa shape index (κ3) is 8.59. The van der Waals surface area contributed by atoms with E-state index in [0.717, 1.165) is 5.56 Å². The molecule has 1 aromatic rings. The van der Waals surface area contributed by atoms with Crippen molar-refractivity contribution in [2.24, 2.45) is 5.73 Å². The van der Waals surface area contributed by atoms with Crippen LogP contribution < -0.4 is 16.4 Å². The van der Waals surface area contributed by atoms with Crippen molar-refractivity contribution in [2.45, 2.75) is 31.9 Å². The Hall–Kier alpha value is -2.77. The summed E-state index contributed by atoms with van der Waals surface area (Å²) >= 11 is 0. The average molecular weight is 350 g/mol. The van der Waals surface area contributed by atoms with Crippen LogP contribution in [0.25, 0.3) is 0 Å². The van der Waals surface area contributed by atoms with Gasteiger partial charge in [-0.15, -0.1) is 0 Å². The van der Waals surface area contributed by atoms with E-state index in [4.69, 9.17) is 10.5 Å². The number of nitrogens with zero attached hydrogens (tertiary/aromatic N) is 1. The predicted molar refractivity (Wildman–Crippen MR) is 93.7 cm³/mol. The second-order valence-electron chi connectivity index (χ2n) is 5.78. The molecule has 0 aliphatic carbocycles. The molecular weight excluding hydrogens is 324 g/mol. The highest BCUT2D eigenvalue weighted by molar-refractivity contribution is 5.85. The normalized spacial score (nSPS) is 11.3. The number of nitrogens with two attached hydrogens (primary N) is 1. The van der Waals surface area contributed by atoms with Crippen LogP contribution in [0.2, 0.25) is 0 Å². The molecule has 0 aliphatic rings. The summed E-state index contributed by atoms with van der Waals surface area (Å²) in [6.07, 6.45) is 1.10. The van der Waals surface area contributed by atoms with Crippen LogP contribution in [0.3, 0.4) is 0 Å². The van der Waals surface area contributed by atoms with Crippen molar-refractivity contribution in [1.29, 1.82) is 0 Å². The van der Waals surface area contributed by atoms with Gasteiger partial charge in [-0.3, -0.25) is 4.79 Å². The molecule has 0 unspecified atom stereocenters. The van der Waals surface area contributed by atoms with Crippen LogP contribution in [0.15, 0.2) is 30.3 Å². The number of carbonyl (C=O) groups is 3. The molecule has 0 bridgehead atoms. The number of nitrogens with one attached hydrogen (secondary N) is 2. The quantitative estimate of drug-likeness (QED) is 0.581. The van der Waals surface area contributed by atoms with Crippen molar-refractivity contribution in [3.63, 3.8) is 0 Å². The summed E-state index contributed by atoms with van der Waals surface area (Å²) in [5, 5.41) is 5.09. The second kappa shape index (κ2) is 10.9. The summed E-state index contributed by atoms with van der Waals surface area (Å²) in [6, 6.07) is 8.03. The van der Waals surface area contributed by atoms with E-state index in [2.05, 4.69) is 10.6 Å². The number of rotatable bonds is 9. The highest BCUT2D eigenvalue weighted by atomic mass is 16.5. The summed E-state index contributed by atoms with van der Waals surface area (Å²) < 4.78 is 5.15. The fourth-order valence-corrected chi connectivity index (χ4v) is 2.16. The van der Waals surface area contributed by atoms with Gasteiger partial charge in [0.2, 0.25) is 5.91 Å². The van der Waals surface area contributed by atoms with Crippen molar-refractivity contribution in [3.8, 4) is 0 Å². The topological polar surface area (TPSA) is 114 Å². The van der Waals surface area contributed by atoms with Gasteiger partial charge in [0.1, 0.15) is 12.6 Å². The molecular formula is C17H26N4O4. The van der Waals surface area contributed by atoms with Crippen LogP contribution in [-0.4, -0.2) is 49.6 Å². The van der Waals surface area contributed by atoms with Crippen molar-refractivity contribution < 1.29 is 19.1 Å². The smallest absolute Gasteiger partial charge is 0.408 e. The first kappa shape index (κ1) is 20.3. The lowest BCUT2D eigenvalue weighted by molar-refractivity contribution is -0.131. The van der Waals surface area contributed by atoms with Crippen LogP contribution in [-0.2, 0) is 16.1 Å². The molecule has 1 rings (SSSR count). The van der Waals surface area contributed by atoms with Crippen LogP contribution in [0.1, 0.15) is 24.8 Å². The van der Waals surface area contributed by atoms with Gasteiger partial charge < -0.3 is 26.0 Å². The minimum Gasteiger partial charge on any atom is -0.445 e. The minimum atomic E-state index is -0.674. The maximum atomic E-state index is 12.2. The largest absolute Gasteiger partial charge is 0.445 e. The Morgan fingerprint density at radius 2 is 1.84 bits per heavy atom. The summed E-state index contributed by atoms with van der Waals surface area (Å²) in [4.78, 5) is 36.2. The van der Waals surface area contributed by atoms with Gasteiger partial charge in [-0.25, -0.2) is 9.59 Å². The monoisotopic (exact) mass is 350 g/mol. The molecule has 0 saturated heterocycles. The van der Waals surface area contributed by atoms with Gasteiger partial charge in [0.15, 0.2) is 0 Å². The Bertz CT molecular complexity index is 563. The number of hydrogen-bond donors (Lipinski definition) is 3. The minimum absolute atomic E-state index is 0.137. The fourth-order valence-electron chi connectivity index (χ4n) is 2.16. The summed E-state index contributed by atoms with van der Waals surface area (Å²) in [5.41, 5.74) is 5.85. The lowest BCUT2D eigenvalue weighted by Crippen LogP contribution is -2.46. The molecule has 8 heteroatoms. The van der Waals surface area contributed by atoms with Gasteiger partial charge in [0, 0.05) is 20.6 Å². The Labute approximate surface area is 147 Å². The van der Waals surface area contributed by atoms with Crippen molar-refractivity contribution in [2.75, 3.05) is 20.6 Å². The first-order valence-electron chi connectivity index (χ1n) is 8.12. The first-order chi connectivity index (χ1) is 11.9. The molecule has 8 nitrogen and oxygen atoms in total. The standard InChI is InChI=1S/C17H26N4O4/c1-21(2)15(22)14(10-6-7-11-19-16(18)23)20-17(24)25-12-13-8-4-3-5-9-13/h3-5,8-9,14H,6-7,10-12H2,1-2H3,(H,20,24)(H3,18,19,23)/t14-/m0/s1. The predicted octanol–water partition coefficient (Wildman–Crippen LogP) is 1.21. The van der Waals surface area contributed by atoms with Crippen LogP contribution in [0, 0.1) is 0 Å². The van der Waals surface area contributed by atoms with Crippen LogP contribution >= 0.6 is 0 Å². The lowest BCUT2D eigenvalue weighted by Gasteiger charge is -2.21. The number of hydrogen-bond acceptors (Lipinski definition) is 4. The van der Waals surface area contributed by atoms with Gasteiger partial charge in [-0.1, -0.05) is 30.3 Å². The third-order valence-electron chi connectivity index (χ3n) is 3.46. The molecule has 0 heterocycles. The van der Waals surface area contributed by atoms with Crippen molar-refractivity contribution >= 4 is 18.0 Å². The molecule has 0 aliphatic heterocycles. The number of primary amides is 1. The molecule has 4 N–H and O–H groups in total. The third-order valence-corrected chi connectivity index (χ3v) is 3.46. The number of urea groups is 1. The molecule has 0 saturated carbocycles. The van der Waals surface area contributed by atoms with Gasteiger partial charge in [0.05, 0.1) is 0 Å². The average Bonchev–Trinajstić information content (AvgIpc) is 2.58. The number of likely N-dealkylation sites (N-methyl/N-ethyl adjacent to an activating group) is 1.